The van der Waals surface area contributed by atoms with Crippen molar-refractivity contribution in [3.63, 3.8) is 0 Å². The molecule has 0 fully saturated rings. The van der Waals surface area contributed by atoms with Gasteiger partial charge in [0.25, 0.3) is 10.9 Å². The lowest BCUT2D eigenvalue weighted by molar-refractivity contribution is -0.385. The number of hydrogen-bond donors (Lipinski definition) is 1. The Labute approximate surface area is 123 Å². The molecule has 0 radical (unpaired) electrons. The quantitative estimate of drug-likeness (QED) is 0.587. The number of rotatable bonds is 4. The van der Waals surface area contributed by atoms with Crippen molar-refractivity contribution in [3.05, 3.63) is 58.1 Å². The Bertz CT molecular complexity index is 783. The number of nitro groups is 1. The third-order valence-electron chi connectivity index (χ3n) is 2.90. The van der Waals surface area contributed by atoms with Gasteiger partial charge in [-0.1, -0.05) is 12.1 Å². The summed E-state index contributed by atoms with van der Waals surface area (Å²) in [4.78, 5) is 15.3. The van der Waals surface area contributed by atoms with Crippen molar-refractivity contribution >= 4 is 28.5 Å². The summed E-state index contributed by atoms with van der Waals surface area (Å²) in [5.74, 6) is 0. The highest BCUT2D eigenvalue weighted by Crippen LogP contribution is 2.32. The Kier molecular flexibility index (Phi) is 3.59. The number of fused-ring (bicyclic) bond motifs is 1. The van der Waals surface area contributed by atoms with Gasteiger partial charge >= 0.3 is 0 Å². The van der Waals surface area contributed by atoms with Gasteiger partial charge in [-0.3, -0.25) is 10.1 Å². The van der Waals surface area contributed by atoms with Crippen molar-refractivity contribution in [1.82, 2.24) is 4.98 Å². The molecule has 106 valence electrons. The number of hydrogen-bond acceptors (Lipinski definition) is 6. The van der Waals surface area contributed by atoms with E-state index in [0.29, 0.717) is 10.8 Å². The largest absolute Gasteiger partial charge is 0.431 e. The van der Waals surface area contributed by atoms with E-state index in [1.807, 2.05) is 24.3 Å². The van der Waals surface area contributed by atoms with E-state index in [1.54, 1.807) is 12.1 Å². The zero-order valence-corrected chi connectivity index (χ0v) is 11.5. The van der Waals surface area contributed by atoms with E-state index in [4.69, 9.17) is 4.42 Å². The van der Waals surface area contributed by atoms with Crippen molar-refractivity contribution in [3.8, 4) is 0 Å². The summed E-state index contributed by atoms with van der Waals surface area (Å²) in [6.07, 6.45) is 0. The summed E-state index contributed by atoms with van der Waals surface area (Å²) in [5, 5.41) is 20.5. The molecule has 0 saturated carbocycles. The van der Waals surface area contributed by atoms with Crippen molar-refractivity contribution in [2.24, 2.45) is 0 Å². The molecule has 1 heterocycles. The Balaban J connectivity index is 1.92. The number of aliphatic hydroxyl groups is 1. The van der Waals surface area contributed by atoms with Crippen molar-refractivity contribution < 1.29 is 14.4 Å². The second-order valence-electron chi connectivity index (χ2n) is 4.26. The number of aromatic nitrogens is 1. The molecule has 3 aromatic rings. The fourth-order valence-corrected chi connectivity index (χ4v) is 2.74. The van der Waals surface area contributed by atoms with Crippen LogP contribution in [0.15, 0.2) is 57.0 Å². The Morgan fingerprint density at radius 3 is 2.81 bits per heavy atom. The second-order valence-corrected chi connectivity index (χ2v) is 5.28. The molecule has 0 saturated heterocycles. The molecule has 3 rings (SSSR count). The van der Waals surface area contributed by atoms with Crippen LogP contribution in [-0.4, -0.2) is 15.0 Å². The average molecular weight is 302 g/mol. The fourth-order valence-electron chi connectivity index (χ4n) is 1.93. The summed E-state index contributed by atoms with van der Waals surface area (Å²) >= 11 is 1.25. The highest BCUT2D eigenvalue weighted by Gasteiger charge is 2.15. The van der Waals surface area contributed by atoms with Crippen LogP contribution in [0.2, 0.25) is 0 Å². The number of aliphatic hydroxyl groups excluding tert-OH is 1. The minimum atomic E-state index is -0.514. The minimum absolute atomic E-state index is 0.0978. The Morgan fingerprint density at radius 2 is 2.10 bits per heavy atom. The first-order valence-electron chi connectivity index (χ1n) is 6.09. The van der Waals surface area contributed by atoms with Gasteiger partial charge in [-0.2, -0.15) is 0 Å². The smallest absolute Gasteiger partial charge is 0.274 e. The van der Waals surface area contributed by atoms with Crippen LogP contribution in [0.25, 0.3) is 11.1 Å². The second kappa shape index (κ2) is 5.55. The average Bonchev–Trinajstić information content (AvgIpc) is 2.88. The van der Waals surface area contributed by atoms with E-state index >= 15 is 0 Å². The monoisotopic (exact) mass is 302 g/mol. The zero-order valence-electron chi connectivity index (χ0n) is 10.7. The van der Waals surface area contributed by atoms with E-state index in [0.717, 1.165) is 10.4 Å². The van der Waals surface area contributed by atoms with Crippen LogP contribution in [0, 0.1) is 10.1 Å². The van der Waals surface area contributed by atoms with Crippen LogP contribution in [0.4, 0.5) is 5.69 Å². The summed E-state index contributed by atoms with van der Waals surface area (Å²) in [6, 6.07) is 11.9. The van der Waals surface area contributed by atoms with Crippen molar-refractivity contribution in [2.75, 3.05) is 0 Å². The van der Waals surface area contributed by atoms with Crippen LogP contribution >= 0.6 is 11.8 Å². The number of benzene rings is 2. The van der Waals surface area contributed by atoms with Gasteiger partial charge < -0.3 is 9.52 Å². The van der Waals surface area contributed by atoms with Crippen LogP contribution in [0.5, 0.6) is 0 Å². The predicted molar refractivity (Wildman–Crippen MR) is 77.2 cm³/mol. The lowest BCUT2D eigenvalue weighted by Gasteiger charge is -2.02. The van der Waals surface area contributed by atoms with Gasteiger partial charge in [0.2, 0.25) is 0 Å². The van der Waals surface area contributed by atoms with E-state index in [9.17, 15) is 15.2 Å². The molecule has 0 aliphatic heterocycles. The van der Waals surface area contributed by atoms with E-state index < -0.39 is 11.5 Å². The van der Waals surface area contributed by atoms with Crippen LogP contribution < -0.4 is 0 Å². The molecule has 0 amide bonds. The van der Waals surface area contributed by atoms with Gasteiger partial charge in [0, 0.05) is 11.0 Å². The molecule has 1 N–H and O–H groups in total. The topological polar surface area (TPSA) is 89.4 Å². The first-order valence-corrected chi connectivity index (χ1v) is 6.90. The molecule has 21 heavy (non-hydrogen) atoms. The first kappa shape index (κ1) is 13.6. The summed E-state index contributed by atoms with van der Waals surface area (Å²) < 4.78 is 5.58. The number of nitro benzene ring substituents is 1. The molecule has 0 aliphatic carbocycles. The van der Waals surface area contributed by atoms with Crippen LogP contribution in [0.1, 0.15) is 5.56 Å². The zero-order chi connectivity index (χ0) is 14.8. The van der Waals surface area contributed by atoms with Gasteiger partial charge in [0.1, 0.15) is 5.52 Å². The van der Waals surface area contributed by atoms with Gasteiger partial charge in [0.05, 0.1) is 17.1 Å². The summed E-state index contributed by atoms with van der Waals surface area (Å²) in [7, 11) is 0. The number of nitrogens with zero attached hydrogens (tertiary/aromatic N) is 2. The normalized spacial score (nSPS) is 10.9. The first-order chi connectivity index (χ1) is 10.2. The lowest BCUT2D eigenvalue weighted by Crippen LogP contribution is -1.95. The summed E-state index contributed by atoms with van der Waals surface area (Å²) in [6.45, 7) is -0.391. The van der Waals surface area contributed by atoms with Gasteiger partial charge in [-0.05, 0) is 36.0 Å². The summed E-state index contributed by atoms with van der Waals surface area (Å²) in [5.41, 5.74) is 1.61. The molecule has 0 atom stereocenters. The lowest BCUT2D eigenvalue weighted by atomic mass is 10.2. The molecule has 0 bridgehead atoms. The standard InChI is InChI=1S/C14H10N2O4S/c17-8-9-7-10(5-6-12(9)16(18)19)21-14-15-11-3-1-2-4-13(11)20-14/h1-7,17H,8H2. The molecule has 7 heteroatoms. The fraction of sp³-hybridized carbons (Fsp3) is 0.0714. The number of para-hydroxylation sites is 2. The highest BCUT2D eigenvalue weighted by molar-refractivity contribution is 7.99. The molecule has 2 aromatic carbocycles. The molecule has 6 nitrogen and oxygen atoms in total. The predicted octanol–water partition coefficient (Wildman–Crippen LogP) is 3.38. The van der Waals surface area contributed by atoms with Gasteiger partial charge in [-0.15, -0.1) is 0 Å². The molecule has 0 aliphatic rings. The molecular weight excluding hydrogens is 292 g/mol. The Morgan fingerprint density at radius 1 is 1.29 bits per heavy atom. The minimum Gasteiger partial charge on any atom is -0.431 e. The molecule has 0 unspecified atom stereocenters. The van der Waals surface area contributed by atoms with Crippen molar-refractivity contribution in [1.29, 1.82) is 0 Å². The third-order valence-corrected chi connectivity index (χ3v) is 3.74. The molecule has 0 spiro atoms. The van der Waals surface area contributed by atoms with Gasteiger partial charge in [-0.25, -0.2) is 4.98 Å². The maximum Gasteiger partial charge on any atom is 0.274 e. The van der Waals surface area contributed by atoms with Crippen molar-refractivity contribution in [2.45, 2.75) is 16.7 Å². The van der Waals surface area contributed by atoms with Crippen LogP contribution in [0.3, 0.4) is 0 Å². The maximum atomic E-state index is 10.8. The molecular formula is C14H10N2O4S. The maximum absolute atomic E-state index is 10.8. The highest BCUT2D eigenvalue weighted by atomic mass is 32.2. The van der Waals surface area contributed by atoms with E-state index in [1.165, 1.54) is 17.8 Å². The van der Waals surface area contributed by atoms with Gasteiger partial charge in [0.15, 0.2) is 5.58 Å². The third kappa shape index (κ3) is 2.74. The van der Waals surface area contributed by atoms with E-state index in [2.05, 4.69) is 4.98 Å². The van der Waals surface area contributed by atoms with Crippen LogP contribution in [-0.2, 0) is 6.61 Å². The SMILES string of the molecule is O=[N+]([O-])c1ccc(Sc2nc3ccccc3o2)cc1CO. The van der Waals surface area contributed by atoms with E-state index in [-0.39, 0.29) is 11.3 Å². The number of oxazole rings is 1. The molecule has 1 aromatic heterocycles. The Hall–Kier alpha value is -2.38.